The lowest BCUT2D eigenvalue weighted by Gasteiger charge is -2.26. The fraction of sp³-hybridized carbons (Fsp3) is 0.267. The Morgan fingerprint density at radius 2 is 1.63 bits per heavy atom. The van der Waals surface area contributed by atoms with Crippen LogP contribution >= 0.6 is 0 Å². The van der Waals surface area contributed by atoms with E-state index in [2.05, 4.69) is 0 Å². The zero-order valence-corrected chi connectivity index (χ0v) is 21.0. The first kappa shape index (κ1) is 24.3. The van der Waals surface area contributed by atoms with Gasteiger partial charge in [0.15, 0.2) is 0 Å². The number of nitrogens with zero attached hydrogens (tertiary/aromatic N) is 1. The molecule has 5 heteroatoms. The van der Waals surface area contributed by atoms with E-state index in [0.717, 1.165) is 33.6 Å². The van der Waals surface area contributed by atoms with Gasteiger partial charge >= 0.3 is 0 Å². The van der Waals surface area contributed by atoms with E-state index >= 15 is 0 Å². The number of amides is 1. The summed E-state index contributed by atoms with van der Waals surface area (Å²) in [5.41, 5.74) is 5.71. The van der Waals surface area contributed by atoms with Crippen molar-refractivity contribution in [2.24, 2.45) is 0 Å². The molecule has 5 nitrogen and oxygen atoms in total. The molecule has 1 aliphatic heterocycles. The molecule has 35 heavy (non-hydrogen) atoms. The third-order valence-electron chi connectivity index (χ3n) is 6.57. The Balaban J connectivity index is 1.99. The Labute approximate surface area is 206 Å². The van der Waals surface area contributed by atoms with Crippen LogP contribution in [-0.2, 0) is 9.59 Å². The quantitative estimate of drug-likeness (QED) is 0.268. The van der Waals surface area contributed by atoms with Crippen LogP contribution in [-0.4, -0.2) is 23.9 Å². The summed E-state index contributed by atoms with van der Waals surface area (Å²) in [6, 6.07) is 18.2. The van der Waals surface area contributed by atoms with E-state index in [1.54, 1.807) is 7.11 Å². The topological polar surface area (TPSA) is 66.8 Å². The van der Waals surface area contributed by atoms with Crippen LogP contribution < -0.4 is 9.64 Å². The number of Topliss-reactive ketones (excluding diaryl/α,β-unsaturated/α-hetero) is 1. The second-order valence-corrected chi connectivity index (χ2v) is 9.48. The van der Waals surface area contributed by atoms with Gasteiger partial charge in [0, 0.05) is 11.3 Å². The Hall–Kier alpha value is -3.86. The molecule has 1 unspecified atom stereocenters. The van der Waals surface area contributed by atoms with Crippen molar-refractivity contribution in [2.45, 2.75) is 46.6 Å². The summed E-state index contributed by atoms with van der Waals surface area (Å²) in [4.78, 5) is 28.3. The SMILES string of the molecule is COc1cc(C)c(/C(O)=C2\C(=O)C(=O)N(c3ccc(C)cc3)C2c2cccc(C)c2)cc1C(C)C. The number of anilines is 1. The second kappa shape index (κ2) is 9.41. The summed E-state index contributed by atoms with van der Waals surface area (Å²) in [5.74, 6) is -0.663. The van der Waals surface area contributed by atoms with Crippen LogP contribution in [0.1, 0.15) is 59.2 Å². The van der Waals surface area contributed by atoms with Crippen LogP contribution in [0.2, 0.25) is 0 Å². The Kier molecular flexibility index (Phi) is 6.53. The molecule has 1 N–H and O–H groups in total. The first-order valence-corrected chi connectivity index (χ1v) is 11.8. The van der Waals surface area contributed by atoms with E-state index in [-0.39, 0.29) is 17.3 Å². The maximum atomic E-state index is 13.5. The normalized spacial score (nSPS) is 17.3. The number of ketones is 1. The molecule has 0 bridgehead atoms. The molecule has 1 amide bonds. The Bertz CT molecular complexity index is 1330. The Morgan fingerprint density at radius 3 is 2.23 bits per heavy atom. The predicted molar refractivity (Wildman–Crippen MR) is 139 cm³/mol. The zero-order valence-electron chi connectivity index (χ0n) is 21.0. The fourth-order valence-electron chi connectivity index (χ4n) is 4.69. The van der Waals surface area contributed by atoms with Crippen LogP contribution in [0.25, 0.3) is 5.76 Å². The maximum Gasteiger partial charge on any atom is 0.300 e. The number of aryl methyl sites for hydroxylation is 3. The van der Waals surface area contributed by atoms with Crippen molar-refractivity contribution in [3.63, 3.8) is 0 Å². The minimum absolute atomic E-state index is 0.0872. The fourth-order valence-corrected chi connectivity index (χ4v) is 4.69. The van der Waals surface area contributed by atoms with E-state index < -0.39 is 17.7 Å². The molecule has 180 valence electrons. The molecule has 3 aromatic carbocycles. The van der Waals surface area contributed by atoms with Gasteiger partial charge in [0.2, 0.25) is 0 Å². The molecule has 1 heterocycles. The number of methoxy groups -OCH3 is 1. The summed E-state index contributed by atoms with van der Waals surface area (Å²) in [6.07, 6.45) is 0. The largest absolute Gasteiger partial charge is 0.507 e. The molecule has 0 radical (unpaired) electrons. The summed E-state index contributed by atoms with van der Waals surface area (Å²) >= 11 is 0. The molecule has 4 rings (SSSR count). The molecule has 1 fully saturated rings. The summed E-state index contributed by atoms with van der Waals surface area (Å²) in [5, 5.41) is 11.6. The third kappa shape index (κ3) is 4.34. The van der Waals surface area contributed by atoms with Gasteiger partial charge in [-0.1, -0.05) is 61.4 Å². The van der Waals surface area contributed by atoms with Crippen molar-refractivity contribution >= 4 is 23.1 Å². The van der Waals surface area contributed by atoms with Crippen LogP contribution in [0.15, 0.2) is 66.2 Å². The molecule has 1 aliphatic rings. The van der Waals surface area contributed by atoms with Crippen molar-refractivity contribution < 1.29 is 19.4 Å². The molecular formula is C30H31NO4. The Morgan fingerprint density at radius 1 is 0.943 bits per heavy atom. The number of hydrogen-bond donors (Lipinski definition) is 1. The highest BCUT2D eigenvalue weighted by Crippen LogP contribution is 2.43. The number of rotatable bonds is 5. The number of aliphatic hydroxyl groups excluding tert-OH is 1. The first-order chi connectivity index (χ1) is 16.6. The molecule has 1 atom stereocenters. The lowest BCUT2D eigenvalue weighted by molar-refractivity contribution is -0.132. The van der Waals surface area contributed by atoms with E-state index in [1.807, 2.05) is 95.3 Å². The number of benzene rings is 3. The van der Waals surface area contributed by atoms with Gasteiger partial charge in [-0.15, -0.1) is 0 Å². The van der Waals surface area contributed by atoms with Crippen LogP contribution in [0.4, 0.5) is 5.69 Å². The predicted octanol–water partition coefficient (Wildman–Crippen LogP) is 6.37. The van der Waals surface area contributed by atoms with Gasteiger partial charge in [0.25, 0.3) is 11.7 Å². The highest BCUT2D eigenvalue weighted by Gasteiger charge is 2.47. The highest BCUT2D eigenvalue weighted by molar-refractivity contribution is 6.51. The van der Waals surface area contributed by atoms with Gasteiger partial charge in [-0.25, -0.2) is 0 Å². The van der Waals surface area contributed by atoms with Gasteiger partial charge in [0.1, 0.15) is 11.5 Å². The van der Waals surface area contributed by atoms with Gasteiger partial charge in [-0.05, 0) is 67.6 Å². The van der Waals surface area contributed by atoms with Gasteiger partial charge in [-0.3, -0.25) is 14.5 Å². The zero-order chi connectivity index (χ0) is 25.4. The smallest absolute Gasteiger partial charge is 0.300 e. The molecule has 0 aliphatic carbocycles. The van der Waals surface area contributed by atoms with Crippen molar-refractivity contribution in [1.82, 2.24) is 0 Å². The maximum absolute atomic E-state index is 13.5. The van der Waals surface area contributed by atoms with Crippen molar-refractivity contribution in [1.29, 1.82) is 0 Å². The average Bonchev–Trinajstić information content (AvgIpc) is 3.09. The lowest BCUT2D eigenvalue weighted by Crippen LogP contribution is -2.29. The van der Waals surface area contributed by atoms with Gasteiger partial charge < -0.3 is 9.84 Å². The minimum atomic E-state index is -0.749. The van der Waals surface area contributed by atoms with E-state index in [9.17, 15) is 14.7 Å². The van der Waals surface area contributed by atoms with Crippen molar-refractivity contribution in [3.8, 4) is 5.75 Å². The van der Waals surface area contributed by atoms with Gasteiger partial charge in [-0.2, -0.15) is 0 Å². The van der Waals surface area contributed by atoms with E-state index in [0.29, 0.717) is 11.3 Å². The number of hydrogen-bond acceptors (Lipinski definition) is 4. The second-order valence-electron chi connectivity index (χ2n) is 9.48. The summed E-state index contributed by atoms with van der Waals surface area (Å²) < 4.78 is 5.55. The van der Waals surface area contributed by atoms with E-state index in [1.165, 1.54) is 4.90 Å². The van der Waals surface area contributed by atoms with Crippen LogP contribution in [0.3, 0.4) is 0 Å². The molecule has 3 aromatic rings. The number of aliphatic hydroxyl groups is 1. The van der Waals surface area contributed by atoms with Gasteiger partial charge in [0.05, 0.1) is 18.7 Å². The number of ether oxygens (including phenoxy) is 1. The molecular weight excluding hydrogens is 438 g/mol. The number of carbonyl (C=O) groups excluding carboxylic acids is 2. The first-order valence-electron chi connectivity index (χ1n) is 11.8. The standard InChI is InChI=1S/C30H31NO4/c1-17(2)23-16-24(20(5)15-25(23)35-6)28(32)26-27(21-9-7-8-19(4)14-21)31(30(34)29(26)33)22-12-10-18(3)11-13-22/h7-17,27,32H,1-6H3/b28-26+. The number of carbonyl (C=O) groups is 2. The molecule has 0 aromatic heterocycles. The summed E-state index contributed by atoms with van der Waals surface area (Å²) in [6.45, 7) is 9.87. The summed E-state index contributed by atoms with van der Waals surface area (Å²) in [7, 11) is 1.62. The van der Waals surface area contributed by atoms with Crippen molar-refractivity contribution in [3.05, 3.63) is 99.6 Å². The molecule has 1 saturated heterocycles. The van der Waals surface area contributed by atoms with E-state index in [4.69, 9.17) is 4.74 Å². The molecule has 0 saturated carbocycles. The van der Waals surface area contributed by atoms with Crippen LogP contribution in [0, 0.1) is 20.8 Å². The minimum Gasteiger partial charge on any atom is -0.507 e. The van der Waals surface area contributed by atoms with Crippen LogP contribution in [0.5, 0.6) is 5.75 Å². The third-order valence-corrected chi connectivity index (χ3v) is 6.57. The lowest BCUT2D eigenvalue weighted by atomic mass is 9.90. The molecule has 0 spiro atoms. The van der Waals surface area contributed by atoms with Crippen molar-refractivity contribution in [2.75, 3.05) is 12.0 Å². The average molecular weight is 470 g/mol. The monoisotopic (exact) mass is 469 g/mol. The highest BCUT2D eigenvalue weighted by atomic mass is 16.5.